The van der Waals surface area contributed by atoms with E-state index in [-0.39, 0.29) is 10.0 Å². The van der Waals surface area contributed by atoms with E-state index < -0.39 is 17.7 Å². The van der Waals surface area contributed by atoms with Gasteiger partial charge in [-0.2, -0.15) is 0 Å². The number of nitrogens with one attached hydrogen (secondary N) is 1. The molecule has 0 aliphatic rings. The molecule has 0 fully saturated rings. The molecular formula is C16H16BrF2N. The molecule has 0 spiro atoms. The van der Waals surface area contributed by atoms with Crippen molar-refractivity contribution in [2.24, 2.45) is 0 Å². The Hall–Kier alpha value is -1.26. The summed E-state index contributed by atoms with van der Waals surface area (Å²) in [5, 5.41) is 3.01. The van der Waals surface area contributed by atoms with Crippen molar-refractivity contribution < 1.29 is 8.78 Å². The molecule has 0 aliphatic carbocycles. The summed E-state index contributed by atoms with van der Waals surface area (Å²) in [6.45, 7) is 3.95. The van der Waals surface area contributed by atoms with E-state index in [4.69, 9.17) is 0 Å². The molecular weight excluding hydrogens is 324 g/mol. The van der Waals surface area contributed by atoms with Crippen LogP contribution in [0.4, 0.5) is 8.78 Å². The van der Waals surface area contributed by atoms with Gasteiger partial charge in [0.1, 0.15) is 11.6 Å². The van der Waals surface area contributed by atoms with Gasteiger partial charge in [-0.3, -0.25) is 0 Å². The van der Waals surface area contributed by atoms with E-state index in [2.05, 4.69) is 21.2 Å². The SMILES string of the molecule is CNC(c1cccc(C)c1C)c1c(F)ccc(Br)c1F. The van der Waals surface area contributed by atoms with Crippen LogP contribution in [0, 0.1) is 25.5 Å². The zero-order valence-electron chi connectivity index (χ0n) is 11.6. The molecule has 2 aromatic carbocycles. The molecule has 0 amide bonds. The Bertz CT molecular complexity index is 641. The second-order valence-electron chi connectivity index (χ2n) is 4.77. The van der Waals surface area contributed by atoms with Crippen LogP contribution in [-0.2, 0) is 0 Å². The van der Waals surface area contributed by atoms with Gasteiger partial charge in [-0.25, -0.2) is 8.78 Å². The van der Waals surface area contributed by atoms with Crippen molar-refractivity contribution in [1.82, 2.24) is 5.32 Å². The third-order valence-electron chi connectivity index (χ3n) is 3.61. The van der Waals surface area contributed by atoms with Gasteiger partial charge in [-0.1, -0.05) is 18.2 Å². The van der Waals surface area contributed by atoms with Crippen molar-refractivity contribution in [3.05, 3.63) is 68.7 Å². The van der Waals surface area contributed by atoms with Crippen molar-refractivity contribution in [2.45, 2.75) is 19.9 Å². The first kappa shape index (κ1) is 15.1. The molecule has 0 bridgehead atoms. The van der Waals surface area contributed by atoms with E-state index >= 15 is 0 Å². The summed E-state index contributed by atoms with van der Waals surface area (Å²) in [7, 11) is 1.70. The van der Waals surface area contributed by atoms with Crippen molar-refractivity contribution >= 4 is 15.9 Å². The molecule has 106 valence electrons. The summed E-state index contributed by atoms with van der Waals surface area (Å²) >= 11 is 3.11. The van der Waals surface area contributed by atoms with Gasteiger partial charge in [-0.05, 0) is 65.6 Å². The maximum Gasteiger partial charge on any atom is 0.145 e. The quantitative estimate of drug-likeness (QED) is 0.802. The van der Waals surface area contributed by atoms with Crippen LogP contribution < -0.4 is 5.32 Å². The Kier molecular flexibility index (Phi) is 4.55. The summed E-state index contributed by atoms with van der Waals surface area (Å²) < 4.78 is 28.6. The van der Waals surface area contributed by atoms with Gasteiger partial charge >= 0.3 is 0 Å². The van der Waals surface area contributed by atoms with E-state index in [1.54, 1.807) is 7.05 Å². The Morgan fingerprint density at radius 1 is 1.10 bits per heavy atom. The lowest BCUT2D eigenvalue weighted by Crippen LogP contribution is -2.21. The van der Waals surface area contributed by atoms with Crippen molar-refractivity contribution in [3.8, 4) is 0 Å². The Morgan fingerprint density at radius 2 is 1.80 bits per heavy atom. The molecule has 1 N–H and O–H groups in total. The van der Waals surface area contributed by atoms with Crippen molar-refractivity contribution in [3.63, 3.8) is 0 Å². The summed E-state index contributed by atoms with van der Waals surface area (Å²) in [5.41, 5.74) is 3.04. The molecule has 0 heterocycles. The van der Waals surface area contributed by atoms with E-state index in [0.717, 1.165) is 16.7 Å². The smallest absolute Gasteiger partial charge is 0.145 e. The van der Waals surface area contributed by atoms with E-state index in [1.165, 1.54) is 12.1 Å². The predicted octanol–water partition coefficient (Wildman–Crippen LogP) is 4.65. The van der Waals surface area contributed by atoms with Crippen LogP contribution in [0.5, 0.6) is 0 Å². The van der Waals surface area contributed by atoms with Crippen LogP contribution >= 0.6 is 15.9 Å². The Labute approximate surface area is 126 Å². The number of aryl methyl sites for hydroxylation is 1. The summed E-state index contributed by atoms with van der Waals surface area (Å²) in [6, 6.07) is 7.91. The van der Waals surface area contributed by atoms with Crippen molar-refractivity contribution in [1.29, 1.82) is 0 Å². The monoisotopic (exact) mass is 339 g/mol. The minimum absolute atomic E-state index is 0.0376. The number of hydrogen-bond donors (Lipinski definition) is 1. The van der Waals surface area contributed by atoms with Crippen LogP contribution in [0.15, 0.2) is 34.8 Å². The highest BCUT2D eigenvalue weighted by atomic mass is 79.9. The van der Waals surface area contributed by atoms with E-state index in [1.807, 2.05) is 32.0 Å². The number of halogens is 3. The van der Waals surface area contributed by atoms with Crippen LogP contribution in [0.3, 0.4) is 0 Å². The van der Waals surface area contributed by atoms with Crippen molar-refractivity contribution in [2.75, 3.05) is 7.05 Å². The highest BCUT2D eigenvalue weighted by Crippen LogP contribution is 2.32. The minimum atomic E-state index is -0.565. The zero-order chi connectivity index (χ0) is 14.9. The highest BCUT2D eigenvalue weighted by Gasteiger charge is 2.23. The average molecular weight is 340 g/mol. The van der Waals surface area contributed by atoms with Gasteiger partial charge in [-0.15, -0.1) is 0 Å². The van der Waals surface area contributed by atoms with Crippen LogP contribution in [0.2, 0.25) is 0 Å². The van der Waals surface area contributed by atoms with Gasteiger partial charge in [0.2, 0.25) is 0 Å². The number of benzene rings is 2. The largest absolute Gasteiger partial charge is 0.309 e. The molecule has 20 heavy (non-hydrogen) atoms. The Morgan fingerprint density at radius 3 is 2.45 bits per heavy atom. The summed E-state index contributed by atoms with van der Waals surface area (Å²) in [4.78, 5) is 0. The molecule has 1 atom stereocenters. The standard InChI is InChI=1S/C16H16BrF2N/c1-9-5-4-6-11(10(9)2)16(20-3)14-13(18)8-7-12(17)15(14)19/h4-8,16,20H,1-3H3. The molecule has 0 aromatic heterocycles. The molecule has 4 heteroatoms. The molecule has 0 saturated carbocycles. The topological polar surface area (TPSA) is 12.0 Å². The highest BCUT2D eigenvalue weighted by molar-refractivity contribution is 9.10. The summed E-state index contributed by atoms with van der Waals surface area (Å²) in [6.07, 6.45) is 0. The lowest BCUT2D eigenvalue weighted by molar-refractivity contribution is 0.518. The lowest BCUT2D eigenvalue weighted by atomic mass is 9.92. The molecule has 1 nitrogen and oxygen atoms in total. The van der Waals surface area contributed by atoms with Crippen LogP contribution in [0.1, 0.15) is 28.3 Å². The fourth-order valence-corrected chi connectivity index (χ4v) is 2.69. The first-order chi connectivity index (χ1) is 9.47. The van der Waals surface area contributed by atoms with Gasteiger partial charge in [0.25, 0.3) is 0 Å². The molecule has 2 rings (SSSR count). The number of rotatable bonds is 3. The van der Waals surface area contributed by atoms with Gasteiger partial charge in [0.05, 0.1) is 10.5 Å². The molecule has 2 aromatic rings. The molecule has 1 unspecified atom stereocenters. The third-order valence-corrected chi connectivity index (χ3v) is 4.23. The maximum absolute atomic E-state index is 14.3. The van der Waals surface area contributed by atoms with Gasteiger partial charge in [0.15, 0.2) is 0 Å². The maximum atomic E-state index is 14.3. The second-order valence-corrected chi connectivity index (χ2v) is 5.62. The van der Waals surface area contributed by atoms with E-state index in [9.17, 15) is 8.78 Å². The minimum Gasteiger partial charge on any atom is -0.309 e. The van der Waals surface area contributed by atoms with Gasteiger partial charge in [0, 0.05) is 5.56 Å². The second kappa shape index (κ2) is 6.02. The first-order valence-electron chi connectivity index (χ1n) is 6.34. The van der Waals surface area contributed by atoms with Gasteiger partial charge < -0.3 is 5.32 Å². The first-order valence-corrected chi connectivity index (χ1v) is 7.13. The average Bonchev–Trinajstić information content (AvgIpc) is 2.43. The molecule has 0 saturated heterocycles. The predicted molar refractivity (Wildman–Crippen MR) is 80.9 cm³/mol. The molecule has 0 aliphatic heterocycles. The zero-order valence-corrected chi connectivity index (χ0v) is 13.2. The van der Waals surface area contributed by atoms with Crippen LogP contribution in [0.25, 0.3) is 0 Å². The fraction of sp³-hybridized carbons (Fsp3) is 0.250. The third kappa shape index (κ3) is 2.63. The Balaban J connectivity index is 2.65. The molecule has 0 radical (unpaired) electrons. The lowest BCUT2D eigenvalue weighted by Gasteiger charge is -2.22. The normalized spacial score (nSPS) is 12.5. The van der Waals surface area contributed by atoms with E-state index in [0.29, 0.717) is 0 Å². The summed E-state index contributed by atoms with van der Waals surface area (Å²) in [5.74, 6) is -1.11. The van der Waals surface area contributed by atoms with Crippen LogP contribution in [-0.4, -0.2) is 7.05 Å². The number of hydrogen-bond acceptors (Lipinski definition) is 1. The fourth-order valence-electron chi connectivity index (χ4n) is 2.35.